The third kappa shape index (κ3) is 10.4. The van der Waals surface area contributed by atoms with Gasteiger partial charge in [0.15, 0.2) is 11.7 Å². The highest BCUT2D eigenvalue weighted by atomic mass is 15.1. The fourth-order valence-corrected chi connectivity index (χ4v) is 11.8. The zero-order chi connectivity index (χ0) is 55.7. The van der Waals surface area contributed by atoms with Crippen molar-refractivity contribution in [1.82, 2.24) is 9.55 Å². The summed E-state index contributed by atoms with van der Waals surface area (Å²) in [6, 6.07) is 78.1. The van der Waals surface area contributed by atoms with Crippen LogP contribution < -0.4 is 0 Å². The molecule has 0 saturated heterocycles. The average Bonchev–Trinajstić information content (AvgIpc) is 3.31. The summed E-state index contributed by atoms with van der Waals surface area (Å²) in [6.45, 7) is 18.3. The van der Waals surface area contributed by atoms with E-state index in [1.807, 2.05) is 18.2 Å². The molecule has 12 rings (SSSR count). The number of amidine groups is 2. The number of benzene rings is 9. The van der Waals surface area contributed by atoms with Gasteiger partial charge in [0.1, 0.15) is 5.82 Å². The van der Waals surface area contributed by atoms with Crippen molar-refractivity contribution in [2.24, 2.45) is 20.0 Å². The van der Waals surface area contributed by atoms with E-state index in [0.717, 1.165) is 91.2 Å². The molecule has 0 radical (unpaired) electrons. The van der Waals surface area contributed by atoms with Crippen LogP contribution in [0.3, 0.4) is 0 Å². The van der Waals surface area contributed by atoms with Crippen LogP contribution in [0.1, 0.15) is 107 Å². The first kappa shape index (κ1) is 52.3. The van der Waals surface area contributed by atoms with Crippen LogP contribution in [0, 0.1) is 13.8 Å². The van der Waals surface area contributed by atoms with Crippen LogP contribution in [0.15, 0.2) is 256 Å². The van der Waals surface area contributed by atoms with Crippen molar-refractivity contribution in [2.75, 3.05) is 0 Å². The van der Waals surface area contributed by atoms with Crippen LogP contribution in [0.2, 0.25) is 0 Å². The maximum Gasteiger partial charge on any atom is 0.161 e. The predicted molar refractivity (Wildman–Crippen MR) is 340 cm³/mol. The van der Waals surface area contributed by atoms with Gasteiger partial charge in [0.05, 0.1) is 29.8 Å². The van der Waals surface area contributed by atoms with E-state index in [0.29, 0.717) is 24.8 Å². The van der Waals surface area contributed by atoms with Gasteiger partial charge in [0.25, 0.3) is 0 Å². The molecule has 1 heterocycles. The maximum absolute atomic E-state index is 5.62. The molecule has 0 amide bonds. The number of hydrogen-bond donors (Lipinski definition) is 0. The Kier molecular flexibility index (Phi) is 14.2. The number of allylic oxidation sites excluding steroid dienone is 4. The number of para-hydroxylation sites is 2. The largest absolute Gasteiger partial charge is 0.292 e. The van der Waals surface area contributed by atoms with Crippen molar-refractivity contribution < 1.29 is 0 Å². The summed E-state index contributed by atoms with van der Waals surface area (Å²) in [6.07, 6.45) is 6.97. The Labute approximate surface area is 477 Å². The van der Waals surface area contributed by atoms with Crippen LogP contribution in [-0.4, -0.2) is 33.7 Å². The van der Waals surface area contributed by atoms with E-state index in [4.69, 9.17) is 20.0 Å². The van der Waals surface area contributed by atoms with Gasteiger partial charge in [-0.25, -0.2) is 15.0 Å². The lowest BCUT2D eigenvalue weighted by atomic mass is 9.70. The molecular weight excluding hydrogens is 985 g/mol. The standard InChI is InChI=1S/C75H66N6/c1-50-31-36-55(37-32-50)70(58-22-18-24-61(47-58)81-69-30-16-15-29-68(69)79-73(81)57-20-9-8-10-21-57)77-49-53-35-44-62(67(46-53)75(6)65-27-13-11-25-63(65)64-26-12-14-28-66(64)75)54-38-40-56(41-39-54)72(80-71(76-7)59-23-17-19-51(2)45-59)78-48-52-33-42-60(43-34-52)74(3,4)5/h8-11,13,15-47H,7,12,14,48-49H2,1-6H3. The third-order valence-electron chi connectivity index (χ3n) is 16.1. The minimum absolute atomic E-state index is 0.0574. The fraction of sp³-hybridized carbons (Fsp3) is 0.160. The van der Waals surface area contributed by atoms with Crippen LogP contribution in [-0.2, 0) is 23.9 Å². The number of hydrogen-bond acceptors (Lipinski definition) is 3. The molecule has 2 aliphatic rings. The van der Waals surface area contributed by atoms with Gasteiger partial charge in [-0.15, -0.1) is 0 Å². The monoisotopic (exact) mass is 1050 g/mol. The molecule has 6 heteroatoms. The Morgan fingerprint density at radius 3 is 2.01 bits per heavy atom. The van der Waals surface area contributed by atoms with Gasteiger partial charge in [-0.1, -0.05) is 232 Å². The molecule has 0 aliphatic heterocycles. The second kappa shape index (κ2) is 22.0. The normalized spacial score (nSPS) is 15.5. The quantitative estimate of drug-likeness (QED) is 0.0888. The lowest BCUT2D eigenvalue weighted by Gasteiger charge is -2.32. The number of aliphatic imine (C=N–C) groups is 4. The van der Waals surface area contributed by atoms with Gasteiger partial charge in [-0.3, -0.25) is 14.6 Å². The third-order valence-corrected chi connectivity index (χ3v) is 16.1. The topological polar surface area (TPSA) is 67.3 Å². The Morgan fingerprint density at radius 1 is 0.543 bits per heavy atom. The van der Waals surface area contributed by atoms with Crippen LogP contribution in [0.25, 0.3) is 44.8 Å². The van der Waals surface area contributed by atoms with Gasteiger partial charge >= 0.3 is 0 Å². The molecule has 0 saturated carbocycles. The van der Waals surface area contributed by atoms with Crippen molar-refractivity contribution >= 4 is 40.7 Å². The highest BCUT2D eigenvalue weighted by Gasteiger charge is 2.44. The first-order chi connectivity index (χ1) is 39.4. The Bertz CT molecular complexity index is 4160. The van der Waals surface area contributed by atoms with E-state index in [2.05, 4.69) is 270 Å². The maximum atomic E-state index is 5.62. The smallest absolute Gasteiger partial charge is 0.161 e. The molecule has 2 aliphatic carbocycles. The molecule has 0 bridgehead atoms. The van der Waals surface area contributed by atoms with Crippen LogP contribution >= 0.6 is 0 Å². The van der Waals surface area contributed by atoms with Crippen molar-refractivity contribution in [2.45, 2.75) is 78.3 Å². The SMILES string of the molecule is C=NC(=NC(=NCc1ccc(C(C)(C)C)cc1)c1ccc(-c2ccc(CN=C(c3ccc(C)cc3)c3cccc(-n4c(-c5ccccc5)nc5ccccc54)c3)cc2C2(C)C3=CCCC=C3c3ccccc32)cc1)c1cccc(C)c1. The van der Waals surface area contributed by atoms with Gasteiger partial charge < -0.3 is 0 Å². The molecule has 10 aromatic rings. The first-order valence-corrected chi connectivity index (χ1v) is 28.2. The van der Waals surface area contributed by atoms with E-state index in [9.17, 15) is 0 Å². The molecular formula is C75H66N6. The van der Waals surface area contributed by atoms with E-state index in [1.54, 1.807) is 0 Å². The Hall–Kier alpha value is -9.39. The minimum atomic E-state index is -0.438. The number of imidazole rings is 1. The average molecular weight is 1050 g/mol. The number of aryl methyl sites for hydroxylation is 2. The van der Waals surface area contributed by atoms with Gasteiger partial charge in [0, 0.05) is 38.9 Å². The van der Waals surface area contributed by atoms with E-state index in [-0.39, 0.29) is 5.41 Å². The van der Waals surface area contributed by atoms with Crippen molar-refractivity contribution in [3.63, 3.8) is 0 Å². The highest BCUT2D eigenvalue weighted by Crippen LogP contribution is 2.56. The number of fused-ring (bicyclic) bond motifs is 4. The zero-order valence-corrected chi connectivity index (χ0v) is 47.2. The highest BCUT2D eigenvalue weighted by molar-refractivity contribution is 6.14. The molecule has 81 heavy (non-hydrogen) atoms. The summed E-state index contributed by atoms with van der Waals surface area (Å²) in [5.74, 6) is 2.03. The number of rotatable bonds is 12. The van der Waals surface area contributed by atoms with E-state index in [1.165, 1.54) is 44.5 Å². The molecule has 6 nitrogen and oxygen atoms in total. The van der Waals surface area contributed by atoms with E-state index < -0.39 is 5.41 Å². The summed E-state index contributed by atoms with van der Waals surface area (Å²) in [5, 5.41) is 0. The number of aromatic nitrogens is 2. The zero-order valence-electron chi connectivity index (χ0n) is 47.2. The van der Waals surface area contributed by atoms with E-state index >= 15 is 0 Å². The Balaban J connectivity index is 0.965. The molecule has 0 spiro atoms. The predicted octanol–water partition coefficient (Wildman–Crippen LogP) is 17.8. The minimum Gasteiger partial charge on any atom is -0.292 e. The summed E-state index contributed by atoms with van der Waals surface area (Å²) >= 11 is 0. The lowest BCUT2D eigenvalue weighted by molar-refractivity contribution is 0.590. The van der Waals surface area contributed by atoms with Crippen molar-refractivity contribution in [1.29, 1.82) is 0 Å². The fourth-order valence-electron chi connectivity index (χ4n) is 11.8. The molecule has 0 fully saturated rings. The molecule has 0 N–H and O–H groups in total. The van der Waals surface area contributed by atoms with Crippen LogP contribution in [0.4, 0.5) is 0 Å². The first-order valence-electron chi connectivity index (χ1n) is 28.2. The second-order valence-corrected chi connectivity index (χ2v) is 22.7. The van der Waals surface area contributed by atoms with Crippen molar-refractivity contribution in [3.8, 4) is 28.2 Å². The van der Waals surface area contributed by atoms with Gasteiger partial charge in [-0.05, 0) is 132 Å². The molecule has 396 valence electrons. The Morgan fingerprint density at radius 2 is 1.23 bits per heavy atom. The van der Waals surface area contributed by atoms with Crippen LogP contribution in [0.5, 0.6) is 0 Å². The summed E-state index contributed by atoms with van der Waals surface area (Å²) < 4.78 is 2.27. The molecule has 1 unspecified atom stereocenters. The molecule has 1 aromatic heterocycles. The molecule has 1 atom stereocenters. The molecule has 9 aromatic carbocycles. The van der Waals surface area contributed by atoms with Crippen molar-refractivity contribution in [3.05, 3.63) is 303 Å². The summed E-state index contributed by atoms with van der Waals surface area (Å²) in [7, 11) is 0. The second-order valence-electron chi connectivity index (χ2n) is 22.7. The van der Waals surface area contributed by atoms with Gasteiger partial charge in [0.2, 0.25) is 0 Å². The summed E-state index contributed by atoms with van der Waals surface area (Å²) in [5.41, 5.74) is 23.2. The number of nitrogens with zero attached hydrogens (tertiary/aromatic N) is 6. The van der Waals surface area contributed by atoms with Gasteiger partial charge in [-0.2, -0.15) is 0 Å². The lowest BCUT2D eigenvalue weighted by Crippen LogP contribution is -2.24. The summed E-state index contributed by atoms with van der Waals surface area (Å²) in [4.78, 5) is 25.6.